The second-order valence-electron chi connectivity index (χ2n) is 8.55. The van der Waals surface area contributed by atoms with Crippen molar-refractivity contribution in [2.24, 2.45) is 0 Å². The van der Waals surface area contributed by atoms with Crippen molar-refractivity contribution in [3.8, 4) is 17.2 Å². The molecule has 0 radical (unpaired) electrons. The summed E-state index contributed by atoms with van der Waals surface area (Å²) in [5.41, 5.74) is 0.935. The molecule has 11 nitrogen and oxygen atoms in total. The zero-order valence-corrected chi connectivity index (χ0v) is 22.3. The molecule has 1 fully saturated rings. The molecule has 1 aliphatic rings. The maximum Gasteiger partial charge on any atom is 0.335 e. The number of methoxy groups -OCH3 is 1. The molecule has 3 aromatic rings. The van der Waals surface area contributed by atoms with Crippen molar-refractivity contribution in [2.75, 3.05) is 18.6 Å². The molecule has 1 saturated heterocycles. The maximum atomic E-state index is 13.3. The lowest BCUT2D eigenvalue weighted by Crippen LogP contribution is -2.54. The highest BCUT2D eigenvalue weighted by atomic mass is 35.5. The van der Waals surface area contributed by atoms with Gasteiger partial charge in [0.1, 0.15) is 17.9 Å². The van der Waals surface area contributed by atoms with Crippen LogP contribution in [-0.4, -0.2) is 36.5 Å². The number of carbonyl (C=O) groups is 3. The lowest BCUT2D eigenvalue weighted by atomic mass is 10.1. The van der Waals surface area contributed by atoms with E-state index < -0.39 is 22.8 Å². The number of hydrogen-bond acceptors (Lipinski definition) is 8. The van der Waals surface area contributed by atoms with E-state index >= 15 is 0 Å². The smallest absolute Gasteiger partial charge is 0.335 e. The third kappa shape index (κ3) is 6.21. The van der Waals surface area contributed by atoms with Gasteiger partial charge in [0.15, 0.2) is 11.5 Å². The topological polar surface area (TPSA) is 137 Å². The van der Waals surface area contributed by atoms with Gasteiger partial charge in [-0.1, -0.05) is 18.5 Å². The number of benzene rings is 3. The van der Waals surface area contributed by atoms with Crippen LogP contribution in [0.15, 0.2) is 66.2 Å². The fraction of sp³-hybridized carbons (Fsp3) is 0.179. The predicted molar refractivity (Wildman–Crippen MR) is 147 cm³/mol. The van der Waals surface area contributed by atoms with Crippen LogP contribution in [-0.2, 0) is 16.2 Å². The van der Waals surface area contributed by atoms with Gasteiger partial charge in [-0.2, -0.15) is 0 Å². The Hall–Kier alpha value is -4.90. The molecular formula is C28H24ClN3O8. The van der Waals surface area contributed by atoms with Crippen molar-refractivity contribution >= 4 is 46.9 Å². The molecule has 0 saturated carbocycles. The van der Waals surface area contributed by atoms with E-state index in [0.717, 1.165) is 11.3 Å². The molecule has 4 amide bonds. The van der Waals surface area contributed by atoms with Gasteiger partial charge in [-0.05, 0) is 72.2 Å². The molecule has 4 rings (SSSR count). The molecule has 0 bridgehead atoms. The summed E-state index contributed by atoms with van der Waals surface area (Å²) in [5, 5.41) is 13.2. The number of imide groups is 2. The first kappa shape index (κ1) is 28.1. The molecule has 0 atom stereocenters. The Labute approximate surface area is 234 Å². The highest BCUT2D eigenvalue weighted by Crippen LogP contribution is 2.38. The van der Waals surface area contributed by atoms with Crippen LogP contribution in [0.5, 0.6) is 17.2 Å². The van der Waals surface area contributed by atoms with Crippen molar-refractivity contribution in [3.63, 3.8) is 0 Å². The van der Waals surface area contributed by atoms with Crippen LogP contribution in [0.3, 0.4) is 0 Å². The summed E-state index contributed by atoms with van der Waals surface area (Å²) in [6.07, 6.45) is 2.12. The van der Waals surface area contributed by atoms with Crippen LogP contribution in [0, 0.1) is 10.1 Å². The monoisotopic (exact) mass is 565 g/mol. The molecule has 0 spiro atoms. The summed E-state index contributed by atoms with van der Waals surface area (Å²) >= 11 is 6.45. The number of ether oxygens (including phenoxy) is 3. The van der Waals surface area contributed by atoms with Crippen molar-refractivity contribution in [1.82, 2.24) is 5.32 Å². The van der Waals surface area contributed by atoms with Gasteiger partial charge in [-0.25, -0.2) is 9.69 Å². The van der Waals surface area contributed by atoms with Gasteiger partial charge in [-0.3, -0.25) is 25.0 Å². The van der Waals surface area contributed by atoms with Gasteiger partial charge in [0.2, 0.25) is 0 Å². The zero-order valence-electron chi connectivity index (χ0n) is 21.5. The number of carbonyl (C=O) groups excluding carboxylic acids is 3. The molecular weight excluding hydrogens is 542 g/mol. The Bertz CT molecular complexity index is 1490. The minimum Gasteiger partial charge on any atom is -0.494 e. The van der Waals surface area contributed by atoms with E-state index in [9.17, 15) is 24.5 Å². The molecule has 40 heavy (non-hydrogen) atoms. The highest BCUT2D eigenvalue weighted by Gasteiger charge is 2.37. The van der Waals surface area contributed by atoms with Crippen LogP contribution >= 0.6 is 11.6 Å². The number of nitrogens with zero attached hydrogens (tertiary/aromatic N) is 2. The van der Waals surface area contributed by atoms with Crippen LogP contribution in [0.1, 0.15) is 24.5 Å². The molecule has 1 N–H and O–H groups in total. The van der Waals surface area contributed by atoms with Crippen LogP contribution in [0.2, 0.25) is 5.02 Å². The maximum absolute atomic E-state index is 13.3. The fourth-order valence-corrected chi connectivity index (χ4v) is 4.08. The lowest BCUT2D eigenvalue weighted by Gasteiger charge is -2.26. The highest BCUT2D eigenvalue weighted by molar-refractivity contribution is 6.39. The Kier molecular flexibility index (Phi) is 8.65. The number of halogens is 1. The number of nitro benzene ring substituents is 1. The standard InChI is InChI=1S/C28H24ClN3O8/c1-3-12-39-21-10-8-19(9-11-21)31-27(34)22(26(33)30-28(31)35)13-18-14-23(29)25(24(15-18)38-2)40-16-17-4-6-20(7-5-17)32(36)37/h4-11,13-15H,3,12,16H2,1-2H3,(H,30,33,35)/b22-13-. The number of urea groups is 1. The molecule has 1 heterocycles. The first-order valence-corrected chi connectivity index (χ1v) is 12.5. The van der Waals surface area contributed by atoms with Crippen LogP contribution in [0.25, 0.3) is 6.08 Å². The number of anilines is 1. The largest absolute Gasteiger partial charge is 0.494 e. The molecule has 1 aliphatic heterocycles. The predicted octanol–water partition coefficient (Wildman–Crippen LogP) is 5.29. The Balaban J connectivity index is 1.57. The Morgan fingerprint density at radius 1 is 1.02 bits per heavy atom. The first-order valence-electron chi connectivity index (χ1n) is 12.1. The number of barbiturate groups is 1. The minimum atomic E-state index is -0.875. The van der Waals surface area contributed by atoms with Crippen molar-refractivity contribution in [3.05, 3.63) is 92.5 Å². The third-order valence-electron chi connectivity index (χ3n) is 5.76. The number of rotatable bonds is 10. The lowest BCUT2D eigenvalue weighted by molar-refractivity contribution is -0.384. The molecule has 0 aromatic heterocycles. The Morgan fingerprint density at radius 3 is 2.35 bits per heavy atom. The molecule has 206 valence electrons. The average Bonchev–Trinajstić information content (AvgIpc) is 2.94. The normalized spacial score (nSPS) is 14.2. The SMILES string of the molecule is CCCOc1ccc(N2C(=O)NC(=O)/C(=C/c3cc(Cl)c(OCc4ccc([N+](=O)[O-])cc4)c(OC)c3)C2=O)cc1. The second kappa shape index (κ2) is 12.3. The second-order valence-corrected chi connectivity index (χ2v) is 8.95. The van der Waals surface area contributed by atoms with E-state index in [1.807, 2.05) is 6.92 Å². The fourth-order valence-electron chi connectivity index (χ4n) is 3.80. The zero-order chi connectivity index (χ0) is 28.8. The van der Waals surface area contributed by atoms with Gasteiger partial charge in [0.25, 0.3) is 17.5 Å². The van der Waals surface area contributed by atoms with E-state index in [-0.39, 0.29) is 40.1 Å². The summed E-state index contributed by atoms with van der Waals surface area (Å²) in [6.45, 7) is 2.55. The molecule has 0 aliphatic carbocycles. The van der Waals surface area contributed by atoms with Gasteiger partial charge in [0.05, 0.1) is 29.4 Å². The first-order chi connectivity index (χ1) is 19.2. The molecule has 12 heteroatoms. The average molecular weight is 566 g/mol. The number of amides is 4. The van der Waals surface area contributed by atoms with E-state index in [1.54, 1.807) is 36.4 Å². The Morgan fingerprint density at radius 2 is 1.73 bits per heavy atom. The summed E-state index contributed by atoms with van der Waals surface area (Å²) in [5.74, 6) is -0.668. The quantitative estimate of drug-likeness (QED) is 0.151. The minimum absolute atomic E-state index is 0.0451. The third-order valence-corrected chi connectivity index (χ3v) is 6.04. The van der Waals surface area contributed by atoms with Gasteiger partial charge in [-0.15, -0.1) is 0 Å². The van der Waals surface area contributed by atoms with Crippen molar-refractivity contribution < 1.29 is 33.5 Å². The summed E-state index contributed by atoms with van der Waals surface area (Å²) < 4.78 is 16.7. The number of nitro groups is 1. The van der Waals surface area contributed by atoms with Crippen molar-refractivity contribution in [1.29, 1.82) is 0 Å². The van der Waals surface area contributed by atoms with Crippen LogP contribution in [0.4, 0.5) is 16.2 Å². The van der Waals surface area contributed by atoms with Gasteiger partial charge in [0, 0.05) is 12.1 Å². The summed E-state index contributed by atoms with van der Waals surface area (Å²) in [7, 11) is 1.40. The van der Waals surface area contributed by atoms with E-state index in [2.05, 4.69) is 5.32 Å². The van der Waals surface area contributed by atoms with E-state index in [0.29, 0.717) is 23.5 Å². The van der Waals surface area contributed by atoms with Gasteiger partial charge < -0.3 is 14.2 Å². The van der Waals surface area contributed by atoms with Crippen LogP contribution < -0.4 is 24.4 Å². The van der Waals surface area contributed by atoms with Crippen molar-refractivity contribution in [2.45, 2.75) is 20.0 Å². The van der Waals surface area contributed by atoms with Gasteiger partial charge >= 0.3 is 6.03 Å². The summed E-state index contributed by atoms with van der Waals surface area (Å²) in [6, 6.07) is 14.3. The molecule has 0 unspecified atom stereocenters. The number of hydrogen-bond donors (Lipinski definition) is 1. The number of non-ortho nitro benzene ring substituents is 1. The van der Waals surface area contributed by atoms with E-state index in [4.69, 9.17) is 25.8 Å². The molecule has 3 aromatic carbocycles. The number of nitrogens with one attached hydrogen (secondary N) is 1. The van der Waals surface area contributed by atoms with E-state index in [1.165, 1.54) is 37.5 Å². The summed E-state index contributed by atoms with van der Waals surface area (Å²) in [4.78, 5) is 49.6.